The fourth-order valence-electron chi connectivity index (χ4n) is 2.18. The number of alkyl halides is 1. The molecular weight excluding hydrogens is 278 g/mol. The summed E-state index contributed by atoms with van der Waals surface area (Å²) >= 11 is 4.64. The lowest BCUT2D eigenvalue weighted by atomic mass is 10.2. The molecule has 0 saturated carbocycles. The zero-order valence-corrected chi connectivity index (χ0v) is 12.7. The van der Waals surface area contributed by atoms with Crippen LogP contribution in [-0.4, -0.2) is 6.38 Å². The van der Waals surface area contributed by atoms with Gasteiger partial charge in [-0.2, -0.15) is 0 Å². The molecule has 0 aliphatic rings. The Morgan fingerprint density at radius 3 is 0.952 bits per heavy atom. The Balaban J connectivity index is 0.000000774. The first-order valence-corrected chi connectivity index (χ1v) is 7.54. The fraction of sp³-hybridized carbons (Fsp3) is 0.0526. The Bertz CT molecular complexity index is 530. The largest absolute Gasteiger partial charge is 0.311 e. The molecule has 0 saturated heterocycles. The predicted molar refractivity (Wildman–Crippen MR) is 92.9 cm³/mol. The van der Waals surface area contributed by atoms with Crippen molar-refractivity contribution in [3.05, 3.63) is 91.0 Å². The van der Waals surface area contributed by atoms with Crippen molar-refractivity contribution < 1.29 is 0 Å². The Morgan fingerprint density at radius 2 is 0.714 bits per heavy atom. The minimum atomic E-state index is 1.17. The average molecular weight is 296 g/mol. The van der Waals surface area contributed by atoms with Crippen molar-refractivity contribution in [3.63, 3.8) is 0 Å². The van der Waals surface area contributed by atoms with Gasteiger partial charge >= 0.3 is 0 Å². The van der Waals surface area contributed by atoms with Crippen LogP contribution >= 0.6 is 11.6 Å². The molecule has 3 aromatic rings. The van der Waals surface area contributed by atoms with E-state index < -0.39 is 0 Å². The normalized spacial score (nSPS) is 9.43. The maximum atomic E-state index is 4.64. The van der Waals surface area contributed by atoms with E-state index in [9.17, 15) is 0 Å². The van der Waals surface area contributed by atoms with Gasteiger partial charge in [0.1, 0.15) is 0 Å². The first-order chi connectivity index (χ1) is 10.4. The second kappa shape index (κ2) is 8.13. The number of hydrogen-bond acceptors (Lipinski definition) is 1. The van der Waals surface area contributed by atoms with Crippen LogP contribution < -0.4 is 4.90 Å². The van der Waals surface area contributed by atoms with E-state index in [0.717, 1.165) is 0 Å². The van der Waals surface area contributed by atoms with Crippen molar-refractivity contribution in [2.75, 3.05) is 11.3 Å². The van der Waals surface area contributed by atoms with Gasteiger partial charge in [-0.15, -0.1) is 11.6 Å². The van der Waals surface area contributed by atoms with Crippen LogP contribution in [0.5, 0.6) is 0 Å². The Morgan fingerprint density at radius 1 is 0.476 bits per heavy atom. The number of para-hydroxylation sites is 3. The molecule has 3 rings (SSSR count). The van der Waals surface area contributed by atoms with E-state index in [1.54, 1.807) is 0 Å². The van der Waals surface area contributed by atoms with E-state index in [2.05, 4.69) is 89.3 Å². The van der Waals surface area contributed by atoms with Gasteiger partial charge in [-0.05, 0) is 36.4 Å². The van der Waals surface area contributed by atoms with Gasteiger partial charge in [0.05, 0.1) is 0 Å². The molecule has 0 bridgehead atoms. The van der Waals surface area contributed by atoms with E-state index >= 15 is 0 Å². The summed E-state index contributed by atoms with van der Waals surface area (Å²) in [4.78, 5) is 2.25. The Hall–Kier alpha value is -2.25. The molecule has 0 amide bonds. The highest BCUT2D eigenvalue weighted by molar-refractivity contribution is 6.15. The van der Waals surface area contributed by atoms with Gasteiger partial charge in [0.25, 0.3) is 0 Å². The average Bonchev–Trinajstić information content (AvgIpc) is 2.60. The van der Waals surface area contributed by atoms with Gasteiger partial charge in [-0.25, -0.2) is 0 Å². The summed E-state index contributed by atoms with van der Waals surface area (Å²) in [7, 11) is 0. The van der Waals surface area contributed by atoms with Gasteiger partial charge in [0.15, 0.2) is 0 Å². The molecule has 0 aliphatic carbocycles. The van der Waals surface area contributed by atoms with E-state index in [0.29, 0.717) is 0 Å². The van der Waals surface area contributed by atoms with Crippen molar-refractivity contribution in [1.29, 1.82) is 0 Å². The summed E-state index contributed by atoms with van der Waals surface area (Å²) in [5, 5.41) is 0. The number of halogens is 1. The van der Waals surface area contributed by atoms with Crippen molar-refractivity contribution in [2.45, 2.75) is 0 Å². The maximum Gasteiger partial charge on any atom is 0.0461 e. The second-order valence-corrected chi connectivity index (χ2v) is 4.34. The van der Waals surface area contributed by atoms with Gasteiger partial charge < -0.3 is 4.90 Å². The minimum Gasteiger partial charge on any atom is -0.311 e. The third-order valence-electron chi connectivity index (χ3n) is 3.04. The molecule has 0 heterocycles. The van der Waals surface area contributed by atoms with Crippen LogP contribution in [0.15, 0.2) is 91.0 Å². The summed E-state index contributed by atoms with van der Waals surface area (Å²) in [5.74, 6) is 0. The van der Waals surface area contributed by atoms with Crippen molar-refractivity contribution >= 4 is 28.7 Å². The minimum absolute atomic E-state index is 1.17. The number of rotatable bonds is 3. The Labute approximate surface area is 131 Å². The zero-order chi connectivity index (χ0) is 14.9. The van der Waals surface area contributed by atoms with Crippen molar-refractivity contribution in [2.24, 2.45) is 0 Å². The van der Waals surface area contributed by atoms with Gasteiger partial charge in [0, 0.05) is 23.4 Å². The lowest BCUT2D eigenvalue weighted by Gasteiger charge is -2.25. The third kappa shape index (κ3) is 3.87. The molecule has 1 nitrogen and oxygen atoms in total. The zero-order valence-electron chi connectivity index (χ0n) is 12.0. The lowest BCUT2D eigenvalue weighted by molar-refractivity contribution is 1.28. The molecule has 3 aromatic carbocycles. The summed E-state index contributed by atoms with van der Waals surface area (Å²) < 4.78 is 0. The number of hydrogen-bond donors (Lipinski definition) is 0. The van der Waals surface area contributed by atoms with E-state index in [1.807, 2.05) is 18.2 Å². The SMILES string of the molecule is CCl.c1ccc(N(c2ccccc2)c2ccccc2)cc1. The lowest BCUT2D eigenvalue weighted by Crippen LogP contribution is -2.09. The van der Waals surface area contributed by atoms with Crippen molar-refractivity contribution in [1.82, 2.24) is 0 Å². The summed E-state index contributed by atoms with van der Waals surface area (Å²) in [6.45, 7) is 0. The molecule has 106 valence electrons. The molecule has 0 radical (unpaired) electrons. The molecule has 2 heteroatoms. The van der Waals surface area contributed by atoms with Crippen LogP contribution in [0.3, 0.4) is 0 Å². The molecule has 21 heavy (non-hydrogen) atoms. The first-order valence-electron chi connectivity index (χ1n) is 6.78. The van der Waals surface area contributed by atoms with Gasteiger partial charge in [0.2, 0.25) is 0 Å². The fourth-order valence-corrected chi connectivity index (χ4v) is 2.18. The van der Waals surface area contributed by atoms with Crippen LogP contribution in [0.25, 0.3) is 0 Å². The molecule has 0 fully saturated rings. The smallest absolute Gasteiger partial charge is 0.0461 e. The standard InChI is InChI=1S/C18H15N.CH3Cl/c1-4-10-16(11-5-1)19(17-12-6-2-7-13-17)18-14-8-3-9-15-18;1-2/h1-15H;1H3. The van der Waals surface area contributed by atoms with Gasteiger partial charge in [-0.3, -0.25) is 0 Å². The first kappa shape index (κ1) is 15.1. The molecule has 0 aromatic heterocycles. The van der Waals surface area contributed by atoms with Crippen LogP contribution in [-0.2, 0) is 0 Å². The highest BCUT2D eigenvalue weighted by Crippen LogP contribution is 2.33. The quantitative estimate of drug-likeness (QED) is 0.535. The predicted octanol–water partition coefficient (Wildman–Crippen LogP) is 6.01. The molecule has 0 aliphatic heterocycles. The summed E-state index contributed by atoms with van der Waals surface area (Å²) in [6.07, 6.45) is 1.47. The van der Waals surface area contributed by atoms with Gasteiger partial charge in [-0.1, -0.05) is 54.6 Å². The van der Waals surface area contributed by atoms with E-state index in [4.69, 9.17) is 0 Å². The van der Waals surface area contributed by atoms with Crippen molar-refractivity contribution in [3.8, 4) is 0 Å². The summed E-state index contributed by atoms with van der Waals surface area (Å²) in [6, 6.07) is 31.3. The van der Waals surface area contributed by atoms with E-state index in [1.165, 1.54) is 23.4 Å². The molecular formula is C19H18ClN. The Kier molecular flexibility index (Phi) is 5.86. The number of anilines is 3. The highest BCUT2D eigenvalue weighted by Gasteiger charge is 2.10. The number of nitrogens with zero attached hydrogens (tertiary/aromatic N) is 1. The molecule has 0 N–H and O–H groups in total. The van der Waals surface area contributed by atoms with Crippen LogP contribution in [0.2, 0.25) is 0 Å². The van der Waals surface area contributed by atoms with Crippen LogP contribution in [0, 0.1) is 0 Å². The van der Waals surface area contributed by atoms with Crippen LogP contribution in [0.4, 0.5) is 17.1 Å². The molecule has 0 unspecified atom stereocenters. The van der Waals surface area contributed by atoms with Crippen LogP contribution in [0.1, 0.15) is 0 Å². The summed E-state index contributed by atoms with van der Waals surface area (Å²) in [5.41, 5.74) is 3.50. The highest BCUT2D eigenvalue weighted by atomic mass is 35.5. The number of benzene rings is 3. The van der Waals surface area contributed by atoms with E-state index in [-0.39, 0.29) is 0 Å². The molecule has 0 spiro atoms. The third-order valence-corrected chi connectivity index (χ3v) is 3.04. The monoisotopic (exact) mass is 295 g/mol. The topological polar surface area (TPSA) is 3.24 Å². The maximum absolute atomic E-state index is 4.64. The second-order valence-electron chi connectivity index (χ2n) is 4.34. The molecule has 0 atom stereocenters.